The minimum atomic E-state index is -0.184. The van der Waals surface area contributed by atoms with Crippen molar-refractivity contribution in [2.75, 3.05) is 6.54 Å². The predicted octanol–water partition coefficient (Wildman–Crippen LogP) is 3.56. The van der Waals surface area contributed by atoms with Crippen molar-refractivity contribution < 1.29 is 4.74 Å². The number of rotatable bonds is 4. The molecule has 0 heterocycles. The number of hydrogen-bond donors (Lipinski definition) is 1. The van der Waals surface area contributed by atoms with Crippen LogP contribution < -0.4 is 10.5 Å². The molecule has 2 rings (SSSR count). The van der Waals surface area contributed by atoms with E-state index in [9.17, 15) is 0 Å². The number of nitrogens with two attached hydrogens (primary N) is 1. The Morgan fingerprint density at radius 3 is 2.24 bits per heavy atom. The number of aryl methyl sites for hydroxylation is 3. The van der Waals surface area contributed by atoms with Crippen molar-refractivity contribution in [3.63, 3.8) is 0 Å². The molecule has 0 aliphatic carbocycles. The van der Waals surface area contributed by atoms with Crippen LogP contribution in [0.3, 0.4) is 0 Å². The van der Waals surface area contributed by atoms with Gasteiger partial charge < -0.3 is 10.5 Å². The highest BCUT2D eigenvalue weighted by molar-refractivity contribution is 5.47. The molecule has 0 radical (unpaired) electrons. The molecule has 0 aliphatic heterocycles. The minimum absolute atomic E-state index is 0.184. The van der Waals surface area contributed by atoms with Gasteiger partial charge in [0.05, 0.1) is 11.6 Å². The van der Waals surface area contributed by atoms with Crippen LogP contribution in [0.4, 0.5) is 0 Å². The Labute approximate surface area is 126 Å². The number of nitrogens with zero attached hydrogens (tertiary/aromatic N) is 1. The van der Waals surface area contributed by atoms with Crippen molar-refractivity contribution in [2.45, 2.75) is 26.9 Å². The Balaban J connectivity index is 2.36. The van der Waals surface area contributed by atoms with Crippen LogP contribution in [0.1, 0.15) is 33.9 Å². The second-order valence-electron chi connectivity index (χ2n) is 5.25. The van der Waals surface area contributed by atoms with Gasteiger partial charge in [0.1, 0.15) is 11.9 Å². The molecule has 0 saturated heterocycles. The first-order valence-corrected chi connectivity index (χ1v) is 7.00. The lowest BCUT2D eigenvalue weighted by atomic mass is 10.0. The van der Waals surface area contributed by atoms with Crippen LogP contribution in [-0.4, -0.2) is 6.54 Å². The largest absolute Gasteiger partial charge is 0.484 e. The number of ether oxygens (including phenoxy) is 1. The van der Waals surface area contributed by atoms with Gasteiger partial charge in [0.25, 0.3) is 0 Å². The zero-order chi connectivity index (χ0) is 15.4. The normalized spacial score (nSPS) is 11.8. The van der Waals surface area contributed by atoms with E-state index in [1.165, 1.54) is 0 Å². The maximum atomic E-state index is 9.01. The molecule has 1 unspecified atom stereocenters. The molecule has 3 heteroatoms. The zero-order valence-electron chi connectivity index (χ0n) is 12.7. The van der Waals surface area contributed by atoms with Gasteiger partial charge in [-0.25, -0.2) is 0 Å². The Kier molecular flexibility index (Phi) is 4.62. The number of benzene rings is 2. The molecule has 0 aromatic heterocycles. The molecule has 108 valence electrons. The zero-order valence-corrected chi connectivity index (χ0v) is 12.7. The second-order valence-corrected chi connectivity index (χ2v) is 5.25. The van der Waals surface area contributed by atoms with Gasteiger partial charge in [-0.2, -0.15) is 5.26 Å². The highest BCUT2D eigenvalue weighted by atomic mass is 16.5. The molecule has 3 nitrogen and oxygen atoms in total. The van der Waals surface area contributed by atoms with Gasteiger partial charge in [0.15, 0.2) is 0 Å². The van der Waals surface area contributed by atoms with E-state index in [2.05, 4.69) is 19.1 Å². The summed E-state index contributed by atoms with van der Waals surface area (Å²) >= 11 is 0. The van der Waals surface area contributed by atoms with E-state index in [4.69, 9.17) is 15.7 Å². The summed E-state index contributed by atoms with van der Waals surface area (Å²) in [6.45, 7) is 6.37. The molecule has 0 amide bonds. The smallest absolute Gasteiger partial charge is 0.136 e. The van der Waals surface area contributed by atoms with Crippen molar-refractivity contribution in [1.82, 2.24) is 0 Å². The molecular formula is C18H20N2O. The van der Waals surface area contributed by atoms with Crippen LogP contribution in [0, 0.1) is 32.1 Å². The van der Waals surface area contributed by atoms with E-state index >= 15 is 0 Å². The molecule has 0 fully saturated rings. The lowest BCUT2D eigenvalue weighted by Gasteiger charge is -2.22. The lowest BCUT2D eigenvalue weighted by Crippen LogP contribution is -2.20. The van der Waals surface area contributed by atoms with E-state index in [-0.39, 0.29) is 6.10 Å². The molecular weight excluding hydrogens is 260 g/mol. The summed E-state index contributed by atoms with van der Waals surface area (Å²) in [5, 5.41) is 9.01. The van der Waals surface area contributed by atoms with Gasteiger partial charge in [-0.15, -0.1) is 0 Å². The molecule has 2 aromatic rings. The summed E-state index contributed by atoms with van der Waals surface area (Å²) in [5.41, 5.74) is 10.7. The van der Waals surface area contributed by atoms with Gasteiger partial charge in [0.2, 0.25) is 0 Å². The predicted molar refractivity (Wildman–Crippen MR) is 84.2 cm³/mol. The van der Waals surface area contributed by atoms with Crippen LogP contribution >= 0.6 is 0 Å². The van der Waals surface area contributed by atoms with Gasteiger partial charge in [-0.1, -0.05) is 24.3 Å². The van der Waals surface area contributed by atoms with E-state index < -0.39 is 0 Å². The third kappa shape index (κ3) is 3.24. The van der Waals surface area contributed by atoms with E-state index in [0.717, 1.165) is 28.0 Å². The Hall–Kier alpha value is -2.31. The first kappa shape index (κ1) is 15.1. The standard InChI is InChI=1S/C18H20N2O/c1-12-6-4-5-7-16(12)17(11-20)21-18-13(2)8-15(10-19)9-14(18)3/h4-9,17H,11,20H2,1-3H3. The van der Waals surface area contributed by atoms with Gasteiger partial charge in [0, 0.05) is 6.54 Å². The molecule has 0 saturated carbocycles. The Morgan fingerprint density at radius 1 is 1.10 bits per heavy atom. The summed E-state index contributed by atoms with van der Waals surface area (Å²) in [7, 11) is 0. The quantitative estimate of drug-likeness (QED) is 0.931. The topological polar surface area (TPSA) is 59.0 Å². The van der Waals surface area contributed by atoms with Gasteiger partial charge in [-0.05, 0) is 55.2 Å². The molecule has 1 atom stereocenters. The fourth-order valence-electron chi connectivity index (χ4n) is 2.53. The highest BCUT2D eigenvalue weighted by Gasteiger charge is 2.16. The summed E-state index contributed by atoms with van der Waals surface area (Å²) in [5.74, 6) is 0.813. The highest BCUT2D eigenvalue weighted by Crippen LogP contribution is 2.30. The summed E-state index contributed by atoms with van der Waals surface area (Å²) in [6, 6.07) is 13.9. The average Bonchev–Trinajstić information content (AvgIpc) is 2.47. The number of hydrogen-bond acceptors (Lipinski definition) is 3. The van der Waals surface area contributed by atoms with Crippen molar-refractivity contribution in [1.29, 1.82) is 5.26 Å². The molecule has 0 aliphatic rings. The van der Waals surface area contributed by atoms with Crippen LogP contribution in [0.5, 0.6) is 5.75 Å². The minimum Gasteiger partial charge on any atom is -0.484 e. The maximum absolute atomic E-state index is 9.01. The Morgan fingerprint density at radius 2 is 1.71 bits per heavy atom. The van der Waals surface area contributed by atoms with Crippen LogP contribution in [-0.2, 0) is 0 Å². The van der Waals surface area contributed by atoms with E-state index in [0.29, 0.717) is 12.1 Å². The third-order valence-electron chi connectivity index (χ3n) is 3.60. The Bertz CT molecular complexity index is 663. The molecule has 21 heavy (non-hydrogen) atoms. The van der Waals surface area contributed by atoms with Crippen molar-refractivity contribution >= 4 is 0 Å². The summed E-state index contributed by atoms with van der Waals surface area (Å²) in [6.07, 6.45) is -0.184. The third-order valence-corrected chi connectivity index (χ3v) is 3.60. The SMILES string of the molecule is Cc1ccccc1C(CN)Oc1c(C)cc(C#N)cc1C. The van der Waals surface area contributed by atoms with Crippen LogP contribution in [0.15, 0.2) is 36.4 Å². The maximum Gasteiger partial charge on any atom is 0.136 e. The van der Waals surface area contributed by atoms with Crippen molar-refractivity contribution in [2.24, 2.45) is 5.73 Å². The fourth-order valence-corrected chi connectivity index (χ4v) is 2.53. The summed E-state index contributed by atoms with van der Waals surface area (Å²) in [4.78, 5) is 0. The van der Waals surface area contributed by atoms with Crippen molar-refractivity contribution in [3.8, 4) is 11.8 Å². The summed E-state index contributed by atoms with van der Waals surface area (Å²) < 4.78 is 6.16. The molecule has 0 bridgehead atoms. The second kappa shape index (κ2) is 6.43. The first-order chi connectivity index (χ1) is 10.1. The monoisotopic (exact) mass is 280 g/mol. The van der Waals surface area contributed by atoms with E-state index in [1.54, 1.807) is 0 Å². The van der Waals surface area contributed by atoms with Gasteiger partial charge in [-0.3, -0.25) is 0 Å². The molecule has 0 spiro atoms. The van der Waals surface area contributed by atoms with E-state index in [1.807, 2.05) is 44.2 Å². The fraction of sp³-hybridized carbons (Fsp3) is 0.278. The van der Waals surface area contributed by atoms with Crippen molar-refractivity contribution in [3.05, 3.63) is 64.2 Å². The first-order valence-electron chi connectivity index (χ1n) is 7.00. The van der Waals surface area contributed by atoms with Crippen LogP contribution in [0.25, 0.3) is 0 Å². The van der Waals surface area contributed by atoms with Gasteiger partial charge >= 0.3 is 0 Å². The average molecular weight is 280 g/mol. The molecule has 2 N–H and O–H groups in total. The lowest BCUT2D eigenvalue weighted by molar-refractivity contribution is 0.210. The molecule has 2 aromatic carbocycles. The van der Waals surface area contributed by atoms with Crippen LogP contribution in [0.2, 0.25) is 0 Å². The number of nitriles is 1.